The van der Waals surface area contributed by atoms with Crippen molar-refractivity contribution in [1.82, 2.24) is 5.32 Å². The van der Waals surface area contributed by atoms with Gasteiger partial charge in [0, 0.05) is 11.4 Å². The van der Waals surface area contributed by atoms with E-state index in [2.05, 4.69) is 14.8 Å². The first kappa shape index (κ1) is 18.6. The van der Waals surface area contributed by atoms with Crippen molar-refractivity contribution in [2.45, 2.75) is 32.2 Å². The van der Waals surface area contributed by atoms with Crippen LogP contribution in [0.4, 0.5) is 13.2 Å². The van der Waals surface area contributed by atoms with Crippen LogP contribution in [0.3, 0.4) is 0 Å². The topological polar surface area (TPSA) is 105 Å². The van der Waals surface area contributed by atoms with Gasteiger partial charge in [-0.15, -0.1) is 0 Å². The van der Waals surface area contributed by atoms with E-state index in [1.807, 2.05) is 0 Å². The lowest BCUT2D eigenvalue weighted by Gasteiger charge is -2.31. The van der Waals surface area contributed by atoms with E-state index in [0.29, 0.717) is 0 Å². The summed E-state index contributed by atoms with van der Waals surface area (Å²) in [5.41, 5.74) is 0.0814. The van der Waals surface area contributed by atoms with Gasteiger partial charge in [0.1, 0.15) is 0 Å². The summed E-state index contributed by atoms with van der Waals surface area (Å²) in [5, 5.41) is 21.8. The summed E-state index contributed by atoms with van der Waals surface area (Å²) in [5.74, 6) is -4.77. The second kappa shape index (κ2) is 6.22. The number of carboxylic acids is 2. The number of carboxylic acid groups (broad SMARTS) is 2. The molecule has 0 aliphatic carbocycles. The van der Waals surface area contributed by atoms with Crippen molar-refractivity contribution < 1.29 is 42.4 Å². The van der Waals surface area contributed by atoms with Gasteiger partial charge in [-0.3, -0.25) is 0 Å². The molecule has 0 spiro atoms. The second-order valence-corrected chi connectivity index (χ2v) is 6.05. The third-order valence-electron chi connectivity index (χ3n) is 4.26. The lowest BCUT2D eigenvalue weighted by Crippen LogP contribution is -2.43. The average molecular weight is 385 g/mol. The molecular formula is C17H14F3NO6. The SMILES string of the molecule is CC1=C(C(=O)O)C(c2ccc3c(c2)OC(F)C(F)(F)O3)C(C(=O)O)=C(C)N1. The van der Waals surface area contributed by atoms with Crippen LogP contribution in [0, 0.1) is 0 Å². The van der Waals surface area contributed by atoms with Crippen molar-refractivity contribution in [1.29, 1.82) is 0 Å². The Balaban J connectivity index is 2.15. The maximum absolute atomic E-state index is 13.4. The minimum atomic E-state index is -4.17. The molecule has 144 valence electrons. The number of ether oxygens (including phenoxy) is 2. The minimum absolute atomic E-state index is 0.116. The highest BCUT2D eigenvalue weighted by atomic mass is 19.3. The number of alkyl halides is 3. The summed E-state index contributed by atoms with van der Waals surface area (Å²) < 4.78 is 48.8. The van der Waals surface area contributed by atoms with Gasteiger partial charge in [0.25, 0.3) is 0 Å². The van der Waals surface area contributed by atoms with E-state index in [-0.39, 0.29) is 33.9 Å². The predicted molar refractivity (Wildman–Crippen MR) is 84.1 cm³/mol. The first-order chi connectivity index (χ1) is 12.5. The molecule has 0 saturated carbocycles. The molecule has 2 aliphatic rings. The summed E-state index contributed by atoms with van der Waals surface area (Å²) in [6.45, 7) is 2.93. The summed E-state index contributed by atoms with van der Waals surface area (Å²) >= 11 is 0. The van der Waals surface area contributed by atoms with Gasteiger partial charge in [-0.25, -0.2) is 9.59 Å². The number of carbonyl (C=O) groups is 2. The summed E-state index contributed by atoms with van der Waals surface area (Å²) in [7, 11) is 0. The maximum atomic E-state index is 13.4. The molecule has 1 unspecified atom stereocenters. The Kier molecular flexibility index (Phi) is 4.29. The molecule has 3 N–H and O–H groups in total. The van der Waals surface area contributed by atoms with Crippen LogP contribution in [-0.2, 0) is 9.59 Å². The third kappa shape index (κ3) is 3.07. The Morgan fingerprint density at radius 3 is 2.15 bits per heavy atom. The van der Waals surface area contributed by atoms with Gasteiger partial charge in [0.05, 0.1) is 17.1 Å². The van der Waals surface area contributed by atoms with E-state index in [1.54, 1.807) is 0 Å². The lowest BCUT2D eigenvalue weighted by atomic mass is 9.80. The Bertz CT molecular complexity index is 872. The minimum Gasteiger partial charge on any atom is -0.478 e. The molecule has 0 radical (unpaired) electrons. The van der Waals surface area contributed by atoms with E-state index in [0.717, 1.165) is 12.1 Å². The van der Waals surface area contributed by atoms with Crippen molar-refractivity contribution in [2.24, 2.45) is 0 Å². The standard InChI is InChI=1S/C17H14F3NO6/c1-6-11(14(22)23)13(12(15(24)25)7(2)21-6)8-3-4-9-10(5-8)26-16(18)17(19,20)27-9/h3-5,13,16,21H,1-2H3,(H,22,23)(H,24,25). The van der Waals surface area contributed by atoms with Gasteiger partial charge in [-0.2, -0.15) is 13.2 Å². The Labute approximate surface area is 150 Å². The molecule has 0 aromatic heterocycles. The number of benzene rings is 1. The van der Waals surface area contributed by atoms with Crippen molar-refractivity contribution in [3.8, 4) is 11.5 Å². The number of aliphatic carboxylic acids is 2. The summed E-state index contributed by atoms with van der Waals surface area (Å²) in [6.07, 6.45) is -7.23. The highest BCUT2D eigenvalue weighted by Gasteiger charge is 2.50. The quantitative estimate of drug-likeness (QED) is 0.735. The molecule has 2 heterocycles. The van der Waals surface area contributed by atoms with Crippen molar-refractivity contribution >= 4 is 11.9 Å². The number of dihydropyridines is 1. The molecule has 3 rings (SSSR count). The largest absolute Gasteiger partial charge is 0.478 e. The predicted octanol–water partition coefficient (Wildman–Crippen LogP) is 2.75. The monoisotopic (exact) mass is 385 g/mol. The summed E-state index contributed by atoms with van der Waals surface area (Å²) in [6, 6.07) is 3.38. The number of hydrogen-bond donors (Lipinski definition) is 3. The fourth-order valence-electron chi connectivity index (χ4n) is 3.15. The number of halogens is 3. The van der Waals surface area contributed by atoms with E-state index in [9.17, 15) is 33.0 Å². The van der Waals surface area contributed by atoms with Crippen LogP contribution in [0.2, 0.25) is 0 Å². The molecule has 0 bridgehead atoms. The van der Waals surface area contributed by atoms with Gasteiger partial charge >= 0.3 is 24.4 Å². The second-order valence-electron chi connectivity index (χ2n) is 6.05. The van der Waals surface area contributed by atoms with Crippen LogP contribution < -0.4 is 14.8 Å². The normalized spacial score (nSPS) is 21.7. The first-order valence-electron chi connectivity index (χ1n) is 7.69. The van der Waals surface area contributed by atoms with E-state index in [4.69, 9.17) is 0 Å². The van der Waals surface area contributed by atoms with Gasteiger partial charge in [-0.1, -0.05) is 6.07 Å². The highest BCUT2D eigenvalue weighted by Crippen LogP contribution is 2.45. The van der Waals surface area contributed by atoms with Crippen LogP contribution in [0.1, 0.15) is 25.3 Å². The molecule has 2 aliphatic heterocycles. The molecule has 0 saturated heterocycles. The van der Waals surface area contributed by atoms with Gasteiger partial charge < -0.3 is 25.0 Å². The highest BCUT2D eigenvalue weighted by molar-refractivity contribution is 5.98. The third-order valence-corrected chi connectivity index (χ3v) is 4.26. The zero-order valence-corrected chi connectivity index (χ0v) is 14.0. The van der Waals surface area contributed by atoms with Crippen LogP contribution >= 0.6 is 0 Å². The first-order valence-corrected chi connectivity index (χ1v) is 7.69. The number of allylic oxidation sites excluding steroid dienone is 2. The molecule has 7 nitrogen and oxygen atoms in total. The summed E-state index contributed by atoms with van der Waals surface area (Å²) in [4.78, 5) is 23.4. The smallest absolute Gasteiger partial charge is 0.468 e. The Morgan fingerprint density at radius 2 is 1.63 bits per heavy atom. The van der Waals surface area contributed by atoms with E-state index in [1.165, 1.54) is 19.9 Å². The fourth-order valence-corrected chi connectivity index (χ4v) is 3.15. The van der Waals surface area contributed by atoms with E-state index < -0.39 is 36.1 Å². The Hall–Kier alpha value is -3.17. The van der Waals surface area contributed by atoms with Crippen molar-refractivity contribution in [2.75, 3.05) is 0 Å². The molecular weight excluding hydrogens is 371 g/mol. The Morgan fingerprint density at radius 1 is 1.07 bits per heavy atom. The van der Waals surface area contributed by atoms with Gasteiger partial charge in [0.2, 0.25) is 0 Å². The molecule has 1 atom stereocenters. The zero-order chi connectivity index (χ0) is 20.1. The van der Waals surface area contributed by atoms with Crippen LogP contribution in [-0.4, -0.2) is 34.6 Å². The zero-order valence-electron chi connectivity index (χ0n) is 14.0. The van der Waals surface area contributed by atoms with Gasteiger partial charge in [-0.05, 0) is 31.5 Å². The average Bonchev–Trinajstić information content (AvgIpc) is 2.53. The fraction of sp³-hybridized carbons (Fsp3) is 0.294. The molecule has 1 aromatic rings. The number of fused-ring (bicyclic) bond motifs is 1. The molecule has 0 amide bonds. The molecule has 0 fully saturated rings. The molecule has 10 heteroatoms. The van der Waals surface area contributed by atoms with Crippen molar-refractivity contribution in [3.63, 3.8) is 0 Å². The number of nitrogens with one attached hydrogen (secondary N) is 1. The van der Waals surface area contributed by atoms with Crippen LogP contribution in [0.5, 0.6) is 11.5 Å². The molecule has 1 aromatic carbocycles. The van der Waals surface area contributed by atoms with Gasteiger partial charge in [0.15, 0.2) is 11.5 Å². The van der Waals surface area contributed by atoms with E-state index >= 15 is 0 Å². The van der Waals surface area contributed by atoms with Crippen LogP contribution in [0.25, 0.3) is 0 Å². The lowest BCUT2D eigenvalue weighted by molar-refractivity contribution is -0.281. The van der Waals surface area contributed by atoms with Crippen LogP contribution in [0.15, 0.2) is 40.7 Å². The number of hydrogen-bond acceptors (Lipinski definition) is 5. The van der Waals surface area contributed by atoms with Crippen molar-refractivity contribution in [3.05, 3.63) is 46.3 Å². The maximum Gasteiger partial charge on any atom is 0.468 e. The number of rotatable bonds is 3. The molecule has 27 heavy (non-hydrogen) atoms.